The Hall–Kier alpha value is -5.97. The normalized spacial score (nSPS) is 15.1. The summed E-state index contributed by atoms with van der Waals surface area (Å²) in [6.45, 7) is 4.45. The summed E-state index contributed by atoms with van der Waals surface area (Å²) in [6.07, 6.45) is 1.32. The average Bonchev–Trinajstić information content (AvgIpc) is 3.63. The van der Waals surface area contributed by atoms with Crippen molar-refractivity contribution in [1.82, 2.24) is 15.5 Å². The number of benzene rings is 4. The number of imide groups is 1. The molecule has 340 valence electrons. The first-order chi connectivity index (χ1) is 31.2. The number of piperidine rings is 1. The Morgan fingerprint density at radius 3 is 1.92 bits per heavy atom. The molecule has 0 radical (unpaired) electrons. The number of phenols is 2. The van der Waals surface area contributed by atoms with Crippen molar-refractivity contribution in [3.8, 4) is 17.2 Å². The second-order valence-electron chi connectivity index (χ2n) is 15.0. The molecule has 0 aliphatic carbocycles. The van der Waals surface area contributed by atoms with Crippen LogP contribution >= 0.6 is 11.6 Å². The van der Waals surface area contributed by atoms with Gasteiger partial charge >= 0.3 is 0 Å². The van der Waals surface area contributed by atoms with Crippen molar-refractivity contribution in [3.63, 3.8) is 0 Å². The zero-order valence-electron chi connectivity index (χ0n) is 35.7. The van der Waals surface area contributed by atoms with E-state index < -0.39 is 11.9 Å². The Labute approximate surface area is 377 Å². The minimum atomic E-state index is -0.656. The second kappa shape index (κ2) is 24.8. The number of carbonyl (C=O) groups excluding carboxylic acids is 4. The third kappa shape index (κ3) is 13.8. The number of ether oxygens (including phenoxy) is 5. The van der Waals surface area contributed by atoms with Gasteiger partial charge in [-0.15, -0.1) is 11.6 Å². The molecule has 16 heteroatoms. The molecule has 1 fully saturated rings. The minimum absolute atomic E-state index is 0.144. The highest BCUT2D eigenvalue weighted by Crippen LogP contribution is 2.37. The summed E-state index contributed by atoms with van der Waals surface area (Å²) < 4.78 is 28.2. The van der Waals surface area contributed by atoms with E-state index in [0.29, 0.717) is 95.9 Å². The number of nitrogens with one attached hydrogen (secondary N) is 3. The van der Waals surface area contributed by atoms with E-state index in [1.807, 2.05) is 54.6 Å². The predicted molar refractivity (Wildman–Crippen MR) is 241 cm³/mol. The van der Waals surface area contributed by atoms with Crippen molar-refractivity contribution in [2.75, 3.05) is 83.7 Å². The van der Waals surface area contributed by atoms with E-state index in [0.717, 1.165) is 39.1 Å². The van der Waals surface area contributed by atoms with E-state index in [-0.39, 0.29) is 55.3 Å². The Morgan fingerprint density at radius 1 is 0.703 bits per heavy atom. The molecular formula is C48H55ClN4O11. The van der Waals surface area contributed by atoms with Gasteiger partial charge in [0, 0.05) is 48.6 Å². The number of anilines is 1. The number of hydrogen-bond acceptors (Lipinski definition) is 12. The molecule has 4 aromatic carbocycles. The van der Waals surface area contributed by atoms with Gasteiger partial charge in [-0.1, -0.05) is 42.5 Å². The van der Waals surface area contributed by atoms with Crippen LogP contribution in [0.1, 0.15) is 58.3 Å². The third-order valence-electron chi connectivity index (χ3n) is 10.6. The van der Waals surface area contributed by atoms with E-state index in [1.165, 1.54) is 4.90 Å². The number of halogens is 1. The van der Waals surface area contributed by atoms with Gasteiger partial charge in [0.15, 0.2) is 0 Å². The van der Waals surface area contributed by atoms with Crippen LogP contribution in [0.15, 0.2) is 91.0 Å². The highest BCUT2D eigenvalue weighted by molar-refractivity contribution is 6.18. The smallest absolute Gasteiger partial charge is 0.255 e. The molecule has 2 aliphatic rings. The first-order valence-corrected chi connectivity index (χ1v) is 21.9. The molecule has 5 N–H and O–H groups in total. The van der Waals surface area contributed by atoms with Crippen LogP contribution in [0.2, 0.25) is 0 Å². The Kier molecular flexibility index (Phi) is 18.4. The topological polar surface area (TPSA) is 194 Å². The second-order valence-corrected chi connectivity index (χ2v) is 15.3. The molecule has 6 rings (SSSR count). The molecular weight excluding hydrogens is 844 g/mol. The molecule has 1 atom stereocenters. The molecule has 0 aromatic heterocycles. The van der Waals surface area contributed by atoms with Gasteiger partial charge in [-0.2, -0.15) is 0 Å². The summed E-state index contributed by atoms with van der Waals surface area (Å²) in [5, 5.41) is 28.3. The minimum Gasteiger partial charge on any atom is -0.508 e. The van der Waals surface area contributed by atoms with Crippen LogP contribution in [0.3, 0.4) is 0 Å². The van der Waals surface area contributed by atoms with Gasteiger partial charge < -0.3 is 49.4 Å². The highest BCUT2D eigenvalue weighted by atomic mass is 35.5. The van der Waals surface area contributed by atoms with Gasteiger partial charge in [0.2, 0.25) is 17.7 Å². The van der Waals surface area contributed by atoms with E-state index >= 15 is 0 Å². The van der Waals surface area contributed by atoms with Crippen molar-refractivity contribution in [2.45, 2.75) is 38.3 Å². The number of fused-ring (bicyclic) bond motifs is 1. The van der Waals surface area contributed by atoms with E-state index in [4.69, 9.17) is 35.3 Å². The van der Waals surface area contributed by atoms with Crippen LogP contribution in [0, 0.1) is 0 Å². The number of phenolic OH excluding ortho intramolecular Hbond substituents is 2. The van der Waals surface area contributed by atoms with Crippen LogP contribution < -0.4 is 20.7 Å². The fraction of sp³-hybridized carbons (Fsp3) is 0.375. The highest BCUT2D eigenvalue weighted by Gasteiger charge is 2.39. The van der Waals surface area contributed by atoms with Crippen LogP contribution in [0.25, 0.3) is 11.1 Å². The molecule has 1 saturated heterocycles. The summed E-state index contributed by atoms with van der Waals surface area (Å²) >= 11 is 6.25. The van der Waals surface area contributed by atoms with Crippen molar-refractivity contribution < 1.29 is 53.1 Å². The molecule has 64 heavy (non-hydrogen) atoms. The fourth-order valence-corrected chi connectivity index (χ4v) is 7.60. The molecule has 0 saturated carbocycles. The maximum absolute atomic E-state index is 13.0. The van der Waals surface area contributed by atoms with E-state index in [1.54, 1.807) is 36.4 Å². The lowest BCUT2D eigenvalue weighted by Crippen LogP contribution is -2.52. The number of aromatic hydroxyl groups is 2. The van der Waals surface area contributed by atoms with Crippen LogP contribution in [0.4, 0.5) is 5.69 Å². The summed E-state index contributed by atoms with van der Waals surface area (Å²) in [5.74, 6) is 0.285. The van der Waals surface area contributed by atoms with Crippen molar-refractivity contribution in [1.29, 1.82) is 0 Å². The van der Waals surface area contributed by atoms with Crippen molar-refractivity contribution in [3.05, 3.63) is 119 Å². The number of amides is 4. The maximum Gasteiger partial charge on any atom is 0.255 e. The van der Waals surface area contributed by atoms with Crippen molar-refractivity contribution in [2.24, 2.45) is 0 Å². The molecule has 0 bridgehead atoms. The maximum atomic E-state index is 13.0. The summed E-state index contributed by atoms with van der Waals surface area (Å²) in [7, 11) is 0. The monoisotopic (exact) mass is 898 g/mol. The molecule has 4 amide bonds. The summed E-state index contributed by atoms with van der Waals surface area (Å²) in [6, 6.07) is 26.5. The van der Waals surface area contributed by atoms with Crippen molar-refractivity contribution >= 4 is 52.1 Å². The Morgan fingerprint density at radius 2 is 1.30 bits per heavy atom. The van der Waals surface area contributed by atoms with Gasteiger partial charge in [-0.25, -0.2) is 0 Å². The average molecular weight is 899 g/mol. The molecule has 4 aromatic rings. The Bertz CT molecular complexity index is 2200. The van der Waals surface area contributed by atoms with E-state index in [9.17, 15) is 29.4 Å². The number of hydrogen-bond donors (Lipinski definition) is 5. The lowest BCUT2D eigenvalue weighted by atomic mass is 9.88. The number of alkyl halides is 1. The zero-order valence-corrected chi connectivity index (χ0v) is 36.4. The molecule has 2 aliphatic heterocycles. The molecule has 1 unspecified atom stereocenters. The SMILES string of the molecule is O=C(CCOCCOCCOCCOCCNc1cccc2c1CN(C1CCC(=O)NC1=O)C2=O)NCCOc1ccc(C(=C(CCCl)c2ccc(O)cc2)c2ccc(O)cc2)cc1. The molecule has 2 heterocycles. The predicted octanol–water partition coefficient (Wildman–Crippen LogP) is 5.51. The first kappa shape index (κ1) is 47.5. The lowest BCUT2D eigenvalue weighted by molar-refractivity contribution is -0.137. The van der Waals surface area contributed by atoms with Gasteiger partial charge in [0.25, 0.3) is 5.91 Å². The van der Waals surface area contributed by atoms with Crippen LogP contribution in [-0.2, 0) is 39.9 Å². The van der Waals surface area contributed by atoms with Crippen LogP contribution in [0.5, 0.6) is 17.2 Å². The van der Waals surface area contributed by atoms with E-state index in [2.05, 4.69) is 16.0 Å². The Balaban J connectivity index is 0.775. The third-order valence-corrected chi connectivity index (χ3v) is 10.8. The van der Waals surface area contributed by atoms with Crippen LogP contribution in [-0.4, -0.2) is 123 Å². The number of nitrogens with zero attached hydrogens (tertiary/aromatic N) is 1. The van der Waals surface area contributed by atoms with Gasteiger partial charge in [-0.3, -0.25) is 24.5 Å². The van der Waals surface area contributed by atoms with Gasteiger partial charge in [0.1, 0.15) is 29.9 Å². The molecule has 0 spiro atoms. The first-order valence-electron chi connectivity index (χ1n) is 21.4. The quantitative estimate of drug-likeness (QED) is 0.0230. The number of rotatable bonds is 26. The fourth-order valence-electron chi connectivity index (χ4n) is 7.42. The van der Waals surface area contributed by atoms with Gasteiger partial charge in [-0.05, 0) is 89.2 Å². The lowest BCUT2D eigenvalue weighted by Gasteiger charge is -2.29. The number of allylic oxidation sites excluding steroid dienone is 1. The standard InChI is InChI=1S/C48H55ClN4O11/c49-20-18-39(33-4-10-36(54)11-5-33)46(34-6-12-37(55)13-7-34)35-8-14-38(15-9-35)64-25-22-51-44(56)19-23-60-26-28-62-30-31-63-29-27-61-24-21-50-42-3-1-2-40-41(42)32-53(48(40)59)43-16-17-45(57)52-47(43)58/h1-15,43,50,54-55H,16-32H2,(H,51,56)(H,52,57,58). The number of carbonyl (C=O) groups is 4. The summed E-state index contributed by atoms with van der Waals surface area (Å²) in [5.41, 5.74) is 6.91. The zero-order chi connectivity index (χ0) is 45.1. The largest absolute Gasteiger partial charge is 0.508 e. The molecule has 15 nitrogen and oxygen atoms in total. The van der Waals surface area contributed by atoms with Gasteiger partial charge in [0.05, 0.1) is 59.4 Å². The summed E-state index contributed by atoms with van der Waals surface area (Å²) in [4.78, 5) is 50.8.